The number of nitrogens with one attached hydrogen (secondary N) is 1. The molecule has 0 spiro atoms. The molecule has 1 aromatic heterocycles. The molecule has 94 valence electrons. The van der Waals surface area contributed by atoms with E-state index in [9.17, 15) is 0 Å². The highest BCUT2D eigenvalue weighted by Crippen LogP contribution is 2.22. The molecule has 1 aromatic carbocycles. The standard InChI is InChI=1S/C15H18N2S/c1-2-4-15-14(3-1)13(5-7-17-15)10-16-9-12-6-8-18-11-12/h1-5,7,12,16H,6,8-11H2. The molecule has 0 saturated carbocycles. The molecule has 1 N–H and O–H groups in total. The van der Waals surface area contributed by atoms with Crippen LogP contribution in [0, 0.1) is 5.92 Å². The number of benzene rings is 1. The molecule has 0 aliphatic carbocycles. The van der Waals surface area contributed by atoms with E-state index in [1.165, 1.54) is 28.9 Å². The summed E-state index contributed by atoms with van der Waals surface area (Å²) in [6.45, 7) is 2.09. The van der Waals surface area contributed by atoms with Crippen molar-refractivity contribution in [3.05, 3.63) is 42.1 Å². The van der Waals surface area contributed by atoms with Gasteiger partial charge in [-0.1, -0.05) is 18.2 Å². The van der Waals surface area contributed by atoms with E-state index in [0.717, 1.165) is 24.5 Å². The van der Waals surface area contributed by atoms with Crippen molar-refractivity contribution >= 4 is 22.7 Å². The Balaban J connectivity index is 1.66. The van der Waals surface area contributed by atoms with Gasteiger partial charge in [-0.15, -0.1) is 0 Å². The molecule has 1 aliphatic rings. The van der Waals surface area contributed by atoms with Gasteiger partial charge in [0.2, 0.25) is 0 Å². The summed E-state index contributed by atoms with van der Waals surface area (Å²) in [4.78, 5) is 4.40. The number of nitrogens with zero attached hydrogens (tertiary/aromatic N) is 1. The number of aromatic nitrogens is 1. The van der Waals surface area contributed by atoms with E-state index in [-0.39, 0.29) is 0 Å². The van der Waals surface area contributed by atoms with E-state index in [2.05, 4.69) is 46.3 Å². The maximum atomic E-state index is 4.40. The summed E-state index contributed by atoms with van der Waals surface area (Å²) < 4.78 is 0. The number of rotatable bonds is 4. The summed E-state index contributed by atoms with van der Waals surface area (Å²) in [6.07, 6.45) is 3.28. The van der Waals surface area contributed by atoms with Gasteiger partial charge in [0.05, 0.1) is 5.52 Å². The zero-order valence-electron chi connectivity index (χ0n) is 10.4. The molecule has 1 saturated heterocycles. The predicted octanol–water partition coefficient (Wildman–Crippen LogP) is 3.08. The molecule has 0 radical (unpaired) electrons. The maximum Gasteiger partial charge on any atom is 0.0705 e. The fraction of sp³-hybridized carbons (Fsp3) is 0.400. The normalized spacial score (nSPS) is 19.4. The van der Waals surface area contributed by atoms with Crippen molar-refractivity contribution in [2.75, 3.05) is 18.1 Å². The Hall–Kier alpha value is -1.06. The average Bonchev–Trinajstić information content (AvgIpc) is 2.92. The van der Waals surface area contributed by atoms with Gasteiger partial charge in [0.15, 0.2) is 0 Å². The Morgan fingerprint density at radius 2 is 2.22 bits per heavy atom. The molecule has 2 aromatic rings. The zero-order valence-corrected chi connectivity index (χ0v) is 11.2. The highest BCUT2D eigenvalue weighted by molar-refractivity contribution is 7.99. The van der Waals surface area contributed by atoms with Crippen molar-refractivity contribution in [1.29, 1.82) is 0 Å². The second-order valence-corrected chi connectivity index (χ2v) is 6.00. The zero-order chi connectivity index (χ0) is 12.2. The van der Waals surface area contributed by atoms with Crippen molar-refractivity contribution in [2.45, 2.75) is 13.0 Å². The Morgan fingerprint density at radius 3 is 3.11 bits per heavy atom. The molecule has 0 bridgehead atoms. The van der Waals surface area contributed by atoms with Crippen LogP contribution in [0.4, 0.5) is 0 Å². The quantitative estimate of drug-likeness (QED) is 0.912. The highest BCUT2D eigenvalue weighted by Gasteiger charge is 2.14. The van der Waals surface area contributed by atoms with Crippen molar-refractivity contribution in [1.82, 2.24) is 10.3 Å². The fourth-order valence-electron chi connectivity index (χ4n) is 2.46. The van der Waals surface area contributed by atoms with Crippen LogP contribution in [0.5, 0.6) is 0 Å². The smallest absolute Gasteiger partial charge is 0.0705 e. The van der Waals surface area contributed by atoms with Crippen molar-refractivity contribution in [3.8, 4) is 0 Å². The summed E-state index contributed by atoms with van der Waals surface area (Å²) in [5.74, 6) is 3.53. The summed E-state index contributed by atoms with van der Waals surface area (Å²) in [7, 11) is 0. The molecule has 2 nitrogen and oxygen atoms in total. The van der Waals surface area contributed by atoms with E-state index in [1.807, 2.05) is 12.3 Å². The SMILES string of the molecule is c1ccc2c(CNCC3CCSC3)ccnc2c1. The van der Waals surface area contributed by atoms with Gasteiger partial charge >= 0.3 is 0 Å². The molecular weight excluding hydrogens is 240 g/mol. The largest absolute Gasteiger partial charge is 0.312 e. The van der Waals surface area contributed by atoms with Gasteiger partial charge in [-0.25, -0.2) is 0 Å². The number of para-hydroxylation sites is 1. The molecule has 0 amide bonds. The van der Waals surface area contributed by atoms with Crippen LogP contribution in [-0.4, -0.2) is 23.0 Å². The number of fused-ring (bicyclic) bond motifs is 1. The fourth-order valence-corrected chi connectivity index (χ4v) is 3.75. The summed E-state index contributed by atoms with van der Waals surface area (Å²) in [5.41, 5.74) is 2.44. The van der Waals surface area contributed by atoms with Gasteiger partial charge in [-0.2, -0.15) is 11.8 Å². The molecule has 3 rings (SSSR count). The third-order valence-electron chi connectivity index (χ3n) is 3.51. The number of hydrogen-bond donors (Lipinski definition) is 1. The first-order valence-electron chi connectivity index (χ1n) is 6.54. The monoisotopic (exact) mass is 258 g/mol. The van der Waals surface area contributed by atoms with Crippen LogP contribution in [0.25, 0.3) is 10.9 Å². The lowest BCUT2D eigenvalue weighted by atomic mass is 10.1. The minimum Gasteiger partial charge on any atom is -0.312 e. The Kier molecular flexibility index (Phi) is 3.81. The Labute approximate surface area is 112 Å². The average molecular weight is 258 g/mol. The van der Waals surface area contributed by atoms with Gasteiger partial charge in [-0.3, -0.25) is 4.98 Å². The van der Waals surface area contributed by atoms with Crippen LogP contribution >= 0.6 is 11.8 Å². The third kappa shape index (κ3) is 2.68. The predicted molar refractivity (Wildman–Crippen MR) is 78.9 cm³/mol. The Bertz CT molecular complexity index is 515. The first kappa shape index (κ1) is 12.0. The summed E-state index contributed by atoms with van der Waals surface area (Å²) in [6, 6.07) is 10.5. The van der Waals surface area contributed by atoms with E-state index in [0.29, 0.717) is 0 Å². The van der Waals surface area contributed by atoms with Crippen molar-refractivity contribution in [2.24, 2.45) is 5.92 Å². The van der Waals surface area contributed by atoms with Gasteiger partial charge < -0.3 is 5.32 Å². The summed E-state index contributed by atoms with van der Waals surface area (Å²) >= 11 is 2.08. The first-order valence-corrected chi connectivity index (χ1v) is 7.70. The first-order chi connectivity index (χ1) is 8.93. The van der Waals surface area contributed by atoms with Gasteiger partial charge in [-0.05, 0) is 48.1 Å². The third-order valence-corrected chi connectivity index (χ3v) is 4.74. The van der Waals surface area contributed by atoms with E-state index in [4.69, 9.17) is 0 Å². The molecule has 1 fully saturated rings. The second-order valence-electron chi connectivity index (χ2n) is 4.85. The van der Waals surface area contributed by atoms with Crippen LogP contribution in [0.1, 0.15) is 12.0 Å². The van der Waals surface area contributed by atoms with Crippen LogP contribution in [0.15, 0.2) is 36.5 Å². The van der Waals surface area contributed by atoms with Crippen LogP contribution in [0.2, 0.25) is 0 Å². The van der Waals surface area contributed by atoms with Gasteiger partial charge in [0.25, 0.3) is 0 Å². The van der Waals surface area contributed by atoms with Crippen molar-refractivity contribution < 1.29 is 0 Å². The van der Waals surface area contributed by atoms with Crippen LogP contribution < -0.4 is 5.32 Å². The topological polar surface area (TPSA) is 24.9 Å². The second kappa shape index (κ2) is 5.72. The molecule has 1 aliphatic heterocycles. The van der Waals surface area contributed by atoms with E-state index < -0.39 is 0 Å². The Morgan fingerprint density at radius 1 is 1.28 bits per heavy atom. The van der Waals surface area contributed by atoms with Gasteiger partial charge in [0.1, 0.15) is 0 Å². The highest BCUT2D eigenvalue weighted by atomic mass is 32.2. The van der Waals surface area contributed by atoms with Crippen LogP contribution in [0.3, 0.4) is 0 Å². The number of thioether (sulfide) groups is 1. The van der Waals surface area contributed by atoms with Crippen LogP contribution in [-0.2, 0) is 6.54 Å². The molecule has 1 atom stereocenters. The van der Waals surface area contributed by atoms with Crippen molar-refractivity contribution in [3.63, 3.8) is 0 Å². The van der Waals surface area contributed by atoms with E-state index >= 15 is 0 Å². The molecule has 3 heteroatoms. The lowest BCUT2D eigenvalue weighted by Gasteiger charge is -2.11. The lowest BCUT2D eigenvalue weighted by Crippen LogP contribution is -2.22. The molecule has 2 heterocycles. The number of hydrogen-bond acceptors (Lipinski definition) is 3. The number of pyridine rings is 1. The summed E-state index contributed by atoms with van der Waals surface area (Å²) in [5, 5.41) is 4.87. The molecule has 18 heavy (non-hydrogen) atoms. The maximum absolute atomic E-state index is 4.40. The lowest BCUT2D eigenvalue weighted by molar-refractivity contribution is 0.524. The van der Waals surface area contributed by atoms with E-state index in [1.54, 1.807) is 0 Å². The molecular formula is C15H18N2S. The molecule has 1 unspecified atom stereocenters. The minimum absolute atomic E-state index is 0.864. The minimum atomic E-state index is 0.864. The van der Waals surface area contributed by atoms with Gasteiger partial charge in [0, 0.05) is 18.1 Å².